The molecule has 0 spiro atoms. The van der Waals surface area contributed by atoms with Gasteiger partial charge in [0, 0.05) is 4.92 Å². The minimum Gasteiger partial charge on any atom is -0.268 e. The van der Waals surface area contributed by atoms with Crippen LogP contribution in [-0.2, 0) is 9.63 Å². The van der Waals surface area contributed by atoms with Crippen molar-refractivity contribution >= 4 is 5.97 Å². The molecule has 0 aromatic heterocycles. The molecule has 0 aromatic carbocycles. The van der Waals surface area contributed by atoms with Gasteiger partial charge in [0.2, 0.25) is 6.54 Å². The van der Waals surface area contributed by atoms with E-state index in [2.05, 4.69) is 4.84 Å². The maximum absolute atomic E-state index is 11.0. The van der Waals surface area contributed by atoms with Crippen LogP contribution in [0, 0.1) is 26.1 Å². The highest BCUT2D eigenvalue weighted by molar-refractivity contribution is 5.71. The molecule has 0 aliphatic carbocycles. The van der Waals surface area contributed by atoms with Crippen LogP contribution in [0.2, 0.25) is 0 Å². The Hall–Kier alpha value is -1.73. The van der Waals surface area contributed by atoms with Crippen molar-refractivity contribution in [2.24, 2.45) is 5.92 Å². The molecule has 0 radical (unpaired) electrons. The average molecular weight is 220 g/mol. The Kier molecular flexibility index (Phi) is 5.91. The summed E-state index contributed by atoms with van der Waals surface area (Å²) in [5.41, 5.74) is 0. The summed E-state index contributed by atoms with van der Waals surface area (Å²) in [5.74, 6) is -2.18. The Bertz CT molecular complexity index is 254. The monoisotopic (exact) mass is 220 g/mol. The summed E-state index contributed by atoms with van der Waals surface area (Å²) in [7, 11) is 0. The van der Waals surface area contributed by atoms with Crippen molar-refractivity contribution in [1.82, 2.24) is 0 Å². The van der Waals surface area contributed by atoms with E-state index in [1.54, 1.807) is 0 Å². The lowest BCUT2D eigenvalue weighted by atomic mass is 10.0. The van der Waals surface area contributed by atoms with Gasteiger partial charge in [-0.2, -0.15) is 0 Å². The predicted molar refractivity (Wildman–Crippen MR) is 48.0 cm³/mol. The van der Waals surface area contributed by atoms with Crippen LogP contribution in [0.4, 0.5) is 0 Å². The first-order chi connectivity index (χ1) is 6.97. The molecule has 0 rings (SSSR count). The van der Waals surface area contributed by atoms with Crippen LogP contribution in [-0.4, -0.2) is 22.5 Å². The van der Waals surface area contributed by atoms with Gasteiger partial charge in [-0.3, -0.25) is 14.9 Å². The second-order valence-electron chi connectivity index (χ2n) is 2.99. The first-order valence-corrected chi connectivity index (χ1v) is 4.45. The number of nitrogens with zero attached hydrogens (tertiary/aromatic N) is 2. The average Bonchev–Trinajstić information content (AvgIpc) is 2.10. The summed E-state index contributed by atoms with van der Waals surface area (Å²) in [6.45, 7) is 1.22. The molecule has 1 atom stereocenters. The van der Waals surface area contributed by atoms with Crippen LogP contribution in [0.5, 0.6) is 0 Å². The van der Waals surface area contributed by atoms with Crippen LogP contribution in [0.15, 0.2) is 0 Å². The number of carbonyl (C=O) groups is 1. The van der Waals surface area contributed by atoms with E-state index in [9.17, 15) is 25.0 Å². The molecule has 86 valence electrons. The molecule has 0 bridgehead atoms. The molecule has 0 aliphatic heterocycles. The van der Waals surface area contributed by atoms with Crippen LogP contribution in [0.3, 0.4) is 0 Å². The van der Waals surface area contributed by atoms with Crippen molar-refractivity contribution in [3.8, 4) is 0 Å². The van der Waals surface area contributed by atoms with E-state index < -0.39 is 28.4 Å². The fourth-order valence-electron chi connectivity index (χ4n) is 1.06. The maximum Gasteiger partial charge on any atom is 0.313 e. The second kappa shape index (κ2) is 6.68. The van der Waals surface area contributed by atoms with E-state index in [1.807, 2.05) is 6.92 Å². The minimum absolute atomic E-state index is 0.226. The molecule has 8 nitrogen and oxygen atoms in total. The predicted octanol–water partition coefficient (Wildman–Crippen LogP) is 0.804. The molecule has 0 saturated carbocycles. The van der Waals surface area contributed by atoms with Gasteiger partial charge in [0.15, 0.2) is 0 Å². The van der Waals surface area contributed by atoms with Crippen molar-refractivity contribution in [1.29, 1.82) is 0 Å². The highest BCUT2D eigenvalue weighted by Gasteiger charge is 2.26. The van der Waals surface area contributed by atoms with Crippen molar-refractivity contribution in [2.45, 2.75) is 26.2 Å². The summed E-state index contributed by atoms with van der Waals surface area (Å²) in [6, 6.07) is 0. The van der Waals surface area contributed by atoms with Crippen LogP contribution in [0.1, 0.15) is 26.2 Å². The smallest absolute Gasteiger partial charge is 0.268 e. The van der Waals surface area contributed by atoms with Crippen LogP contribution < -0.4 is 0 Å². The van der Waals surface area contributed by atoms with Gasteiger partial charge in [0.25, 0.3) is 0 Å². The fourth-order valence-corrected chi connectivity index (χ4v) is 1.06. The molecule has 15 heavy (non-hydrogen) atoms. The summed E-state index contributed by atoms with van der Waals surface area (Å²) < 4.78 is 0. The number of unbranched alkanes of at least 4 members (excludes halogenated alkanes) is 1. The van der Waals surface area contributed by atoms with Gasteiger partial charge in [-0.15, -0.1) is 10.1 Å². The Balaban J connectivity index is 4.26. The molecule has 1 unspecified atom stereocenters. The third-order valence-corrected chi connectivity index (χ3v) is 1.77. The number of rotatable bonds is 7. The Labute approximate surface area is 85.5 Å². The Morgan fingerprint density at radius 2 is 2.00 bits per heavy atom. The zero-order valence-corrected chi connectivity index (χ0v) is 8.25. The van der Waals surface area contributed by atoms with Gasteiger partial charge in [0.1, 0.15) is 5.92 Å². The zero-order chi connectivity index (χ0) is 11.8. The lowest BCUT2D eigenvalue weighted by molar-refractivity contribution is -0.730. The first-order valence-electron chi connectivity index (χ1n) is 4.45. The summed E-state index contributed by atoms with van der Waals surface area (Å²) in [4.78, 5) is 34.1. The van der Waals surface area contributed by atoms with Gasteiger partial charge in [-0.05, 0) is 6.42 Å². The van der Waals surface area contributed by atoms with Gasteiger partial charge in [-0.1, -0.05) is 19.8 Å². The number of nitro groups is 1. The topological polar surface area (TPSA) is 113 Å². The van der Waals surface area contributed by atoms with Gasteiger partial charge < -0.3 is 0 Å². The molecule has 0 fully saturated rings. The third-order valence-electron chi connectivity index (χ3n) is 1.77. The Morgan fingerprint density at radius 3 is 2.40 bits per heavy atom. The number of hydrogen-bond acceptors (Lipinski definition) is 6. The molecule has 0 aromatic rings. The van der Waals surface area contributed by atoms with E-state index in [4.69, 9.17) is 0 Å². The molecule has 0 heterocycles. The molecule has 0 N–H and O–H groups in total. The van der Waals surface area contributed by atoms with E-state index in [0.717, 1.165) is 6.42 Å². The Morgan fingerprint density at radius 1 is 1.40 bits per heavy atom. The van der Waals surface area contributed by atoms with Crippen LogP contribution >= 0.6 is 0 Å². The van der Waals surface area contributed by atoms with E-state index in [-0.39, 0.29) is 6.42 Å². The van der Waals surface area contributed by atoms with Crippen molar-refractivity contribution < 1.29 is 19.6 Å². The maximum atomic E-state index is 11.0. The van der Waals surface area contributed by atoms with Crippen molar-refractivity contribution in [2.75, 3.05) is 6.54 Å². The molecule has 8 heteroatoms. The molecular weight excluding hydrogens is 208 g/mol. The van der Waals surface area contributed by atoms with Crippen molar-refractivity contribution in [3.05, 3.63) is 20.2 Å². The van der Waals surface area contributed by atoms with Gasteiger partial charge in [-0.25, -0.2) is 4.84 Å². The standard InChI is InChI=1S/C7H12N2O6/c1-2-3-4-6(5-8(11)12)7(10)15-9(13)14/h6H,2-5H2,1H3. The quantitative estimate of drug-likeness (QED) is 0.463. The lowest BCUT2D eigenvalue weighted by Crippen LogP contribution is -2.27. The summed E-state index contributed by atoms with van der Waals surface area (Å²) >= 11 is 0. The molecule has 0 aliphatic rings. The first kappa shape index (κ1) is 13.3. The van der Waals surface area contributed by atoms with Gasteiger partial charge in [0.05, 0.1) is 0 Å². The second-order valence-corrected chi connectivity index (χ2v) is 2.99. The van der Waals surface area contributed by atoms with Crippen LogP contribution in [0.25, 0.3) is 0 Å². The normalized spacial score (nSPS) is 11.8. The van der Waals surface area contributed by atoms with Gasteiger partial charge >= 0.3 is 11.1 Å². The molecule has 0 amide bonds. The highest BCUT2D eigenvalue weighted by Crippen LogP contribution is 2.11. The number of hydrogen-bond donors (Lipinski definition) is 0. The van der Waals surface area contributed by atoms with E-state index in [1.165, 1.54) is 0 Å². The lowest BCUT2D eigenvalue weighted by Gasteiger charge is -2.08. The zero-order valence-electron chi connectivity index (χ0n) is 8.25. The highest BCUT2D eigenvalue weighted by atomic mass is 17.0. The molecular formula is C7H12N2O6. The van der Waals surface area contributed by atoms with Crippen molar-refractivity contribution in [3.63, 3.8) is 0 Å². The third kappa shape index (κ3) is 6.36. The van der Waals surface area contributed by atoms with E-state index >= 15 is 0 Å². The number of carbonyl (C=O) groups excluding carboxylic acids is 1. The minimum atomic E-state index is -1.25. The largest absolute Gasteiger partial charge is 0.313 e. The SMILES string of the molecule is CCCCC(C[N+](=O)[O-])C(=O)O[N+](=O)[O-]. The molecule has 0 saturated heterocycles. The van der Waals surface area contributed by atoms with E-state index in [0.29, 0.717) is 6.42 Å². The summed E-state index contributed by atoms with van der Waals surface area (Å²) in [6.07, 6.45) is 1.56. The fraction of sp³-hybridized carbons (Fsp3) is 0.857. The summed E-state index contributed by atoms with van der Waals surface area (Å²) in [5, 5.41) is 18.8.